The van der Waals surface area contributed by atoms with Crippen molar-refractivity contribution >= 4 is 0 Å². The van der Waals surface area contributed by atoms with Gasteiger partial charge in [0.15, 0.2) is 0 Å². The van der Waals surface area contributed by atoms with Gasteiger partial charge in [0.2, 0.25) is 0 Å². The zero-order valence-electron chi connectivity index (χ0n) is 12.4. The second-order valence-corrected chi connectivity index (χ2v) is 4.90. The highest BCUT2D eigenvalue weighted by atomic mass is 16.5. The van der Waals surface area contributed by atoms with Gasteiger partial charge in [-0.2, -0.15) is 0 Å². The maximum absolute atomic E-state index is 5.83. The number of ether oxygens (including phenoxy) is 3. The van der Waals surface area contributed by atoms with Gasteiger partial charge in [0, 0.05) is 26.3 Å². The maximum atomic E-state index is 5.83. The van der Waals surface area contributed by atoms with Gasteiger partial charge in [0.05, 0.1) is 25.9 Å². The van der Waals surface area contributed by atoms with Crippen LogP contribution in [0, 0.1) is 0 Å². The van der Waals surface area contributed by atoms with Gasteiger partial charge in [-0.25, -0.2) is 0 Å². The summed E-state index contributed by atoms with van der Waals surface area (Å²) in [5.41, 5.74) is 0.270. The van der Waals surface area contributed by atoms with Gasteiger partial charge in [0.25, 0.3) is 0 Å². The Labute approximate surface area is 112 Å². The van der Waals surface area contributed by atoms with Crippen molar-refractivity contribution < 1.29 is 14.2 Å². The standard InChI is InChI=1S/C12H23NO3.C2H6/c1-14-6-7-16-11-8-12(10-15-2)4-3-5-13(12)9-11;1-2/h11H,3-10H2,1-2H3;1-2H3. The van der Waals surface area contributed by atoms with Crippen molar-refractivity contribution in [3.05, 3.63) is 0 Å². The lowest BCUT2D eigenvalue weighted by molar-refractivity contribution is 0.0192. The third kappa shape index (κ3) is 3.67. The molecule has 0 N–H and O–H groups in total. The zero-order chi connectivity index (χ0) is 13.4. The number of nitrogens with zero attached hydrogens (tertiary/aromatic N) is 1. The molecule has 108 valence electrons. The fourth-order valence-electron chi connectivity index (χ4n) is 3.15. The highest BCUT2D eigenvalue weighted by Gasteiger charge is 2.48. The Morgan fingerprint density at radius 3 is 2.61 bits per heavy atom. The van der Waals surface area contributed by atoms with E-state index >= 15 is 0 Å². The van der Waals surface area contributed by atoms with Gasteiger partial charge in [-0.05, 0) is 25.8 Å². The lowest BCUT2D eigenvalue weighted by atomic mass is 9.94. The first-order valence-electron chi connectivity index (χ1n) is 7.15. The average Bonchev–Trinajstić information content (AvgIpc) is 2.89. The van der Waals surface area contributed by atoms with Crippen LogP contribution in [0.25, 0.3) is 0 Å². The van der Waals surface area contributed by atoms with E-state index in [1.54, 1.807) is 14.2 Å². The molecule has 2 fully saturated rings. The van der Waals surface area contributed by atoms with Gasteiger partial charge in [-0.15, -0.1) is 0 Å². The van der Waals surface area contributed by atoms with Crippen molar-refractivity contribution in [3.8, 4) is 0 Å². The van der Waals surface area contributed by atoms with Crippen LogP contribution in [0.2, 0.25) is 0 Å². The first-order valence-corrected chi connectivity index (χ1v) is 7.15. The fraction of sp³-hybridized carbons (Fsp3) is 1.00. The SMILES string of the molecule is CC.COCCOC1CN2CCCC2(COC)C1. The molecule has 0 bridgehead atoms. The molecule has 0 spiro atoms. The summed E-state index contributed by atoms with van der Waals surface area (Å²) >= 11 is 0. The lowest BCUT2D eigenvalue weighted by Crippen LogP contribution is -2.42. The molecule has 4 heteroatoms. The minimum Gasteiger partial charge on any atom is -0.383 e. The Balaban J connectivity index is 0.000000771. The van der Waals surface area contributed by atoms with Gasteiger partial charge in [-0.1, -0.05) is 13.8 Å². The zero-order valence-corrected chi connectivity index (χ0v) is 12.4. The predicted molar refractivity (Wildman–Crippen MR) is 73.0 cm³/mol. The number of fused-ring (bicyclic) bond motifs is 1. The van der Waals surface area contributed by atoms with Crippen LogP contribution in [0.1, 0.15) is 33.1 Å². The van der Waals surface area contributed by atoms with Gasteiger partial charge >= 0.3 is 0 Å². The molecular weight excluding hydrogens is 230 g/mol. The molecule has 0 aromatic heterocycles. The van der Waals surface area contributed by atoms with Crippen molar-refractivity contribution in [1.29, 1.82) is 0 Å². The van der Waals surface area contributed by atoms with Crippen LogP contribution < -0.4 is 0 Å². The summed E-state index contributed by atoms with van der Waals surface area (Å²) < 4.78 is 16.2. The van der Waals surface area contributed by atoms with Gasteiger partial charge in [-0.3, -0.25) is 4.90 Å². The quantitative estimate of drug-likeness (QED) is 0.682. The molecule has 2 aliphatic rings. The summed E-state index contributed by atoms with van der Waals surface area (Å²) in [6, 6.07) is 0. The van der Waals surface area contributed by atoms with E-state index in [2.05, 4.69) is 4.90 Å². The Morgan fingerprint density at radius 2 is 1.94 bits per heavy atom. The monoisotopic (exact) mass is 259 g/mol. The Morgan fingerprint density at radius 1 is 1.17 bits per heavy atom. The molecule has 0 aromatic rings. The van der Waals surface area contributed by atoms with E-state index in [0.29, 0.717) is 19.3 Å². The van der Waals surface area contributed by atoms with Crippen molar-refractivity contribution in [1.82, 2.24) is 4.90 Å². The van der Waals surface area contributed by atoms with Gasteiger partial charge < -0.3 is 14.2 Å². The summed E-state index contributed by atoms with van der Waals surface area (Å²) in [6.07, 6.45) is 4.04. The van der Waals surface area contributed by atoms with Crippen LogP contribution in [0.4, 0.5) is 0 Å². The average molecular weight is 259 g/mol. The van der Waals surface area contributed by atoms with Crippen LogP contribution in [-0.2, 0) is 14.2 Å². The van der Waals surface area contributed by atoms with E-state index in [4.69, 9.17) is 14.2 Å². The third-order valence-corrected chi connectivity index (χ3v) is 3.83. The molecule has 0 radical (unpaired) electrons. The normalized spacial score (nSPS) is 31.0. The molecule has 2 atom stereocenters. The molecule has 0 saturated carbocycles. The molecule has 2 unspecified atom stereocenters. The Bertz CT molecular complexity index is 225. The van der Waals surface area contributed by atoms with E-state index in [1.807, 2.05) is 13.8 Å². The largest absolute Gasteiger partial charge is 0.383 e. The lowest BCUT2D eigenvalue weighted by Gasteiger charge is -2.30. The van der Waals surface area contributed by atoms with Crippen LogP contribution in [-0.4, -0.2) is 63.7 Å². The summed E-state index contributed by atoms with van der Waals surface area (Å²) in [7, 11) is 3.51. The highest BCUT2D eigenvalue weighted by molar-refractivity contribution is 5.03. The second-order valence-electron chi connectivity index (χ2n) is 4.90. The predicted octanol–water partition coefficient (Wildman–Crippen LogP) is 1.93. The number of hydrogen-bond acceptors (Lipinski definition) is 4. The third-order valence-electron chi connectivity index (χ3n) is 3.83. The second kappa shape index (κ2) is 8.10. The van der Waals surface area contributed by atoms with Crippen LogP contribution in [0.5, 0.6) is 0 Å². The topological polar surface area (TPSA) is 30.9 Å². The summed E-state index contributed by atoms with van der Waals surface area (Å²) in [4.78, 5) is 2.55. The van der Waals surface area contributed by atoms with Crippen LogP contribution in [0.15, 0.2) is 0 Å². The number of hydrogen-bond donors (Lipinski definition) is 0. The smallest absolute Gasteiger partial charge is 0.0721 e. The number of rotatable bonds is 6. The van der Waals surface area contributed by atoms with E-state index in [1.165, 1.54) is 19.4 Å². The molecule has 18 heavy (non-hydrogen) atoms. The van der Waals surface area contributed by atoms with E-state index in [0.717, 1.165) is 19.6 Å². The molecule has 2 rings (SSSR count). The molecular formula is C14H29NO3. The molecule has 0 aliphatic carbocycles. The molecule has 0 amide bonds. The summed E-state index contributed by atoms with van der Waals surface area (Å²) in [5, 5.41) is 0. The van der Waals surface area contributed by atoms with E-state index in [9.17, 15) is 0 Å². The van der Waals surface area contributed by atoms with Crippen LogP contribution in [0.3, 0.4) is 0 Å². The van der Waals surface area contributed by atoms with E-state index < -0.39 is 0 Å². The Hall–Kier alpha value is -0.160. The number of methoxy groups -OCH3 is 2. The molecule has 4 nitrogen and oxygen atoms in total. The molecule has 2 aliphatic heterocycles. The maximum Gasteiger partial charge on any atom is 0.0721 e. The van der Waals surface area contributed by atoms with E-state index in [-0.39, 0.29) is 5.54 Å². The molecule has 2 heterocycles. The van der Waals surface area contributed by atoms with Crippen molar-refractivity contribution in [2.75, 3.05) is 47.1 Å². The minimum absolute atomic E-state index is 0.270. The molecule has 2 saturated heterocycles. The highest BCUT2D eigenvalue weighted by Crippen LogP contribution is 2.39. The Kier molecular flexibility index (Phi) is 7.15. The van der Waals surface area contributed by atoms with Crippen molar-refractivity contribution in [2.45, 2.75) is 44.8 Å². The summed E-state index contributed by atoms with van der Waals surface area (Å²) in [5.74, 6) is 0. The van der Waals surface area contributed by atoms with Crippen molar-refractivity contribution in [3.63, 3.8) is 0 Å². The van der Waals surface area contributed by atoms with Crippen LogP contribution >= 0.6 is 0 Å². The summed E-state index contributed by atoms with van der Waals surface area (Å²) in [6.45, 7) is 8.50. The van der Waals surface area contributed by atoms with Crippen molar-refractivity contribution in [2.24, 2.45) is 0 Å². The molecule has 0 aromatic carbocycles. The minimum atomic E-state index is 0.270. The van der Waals surface area contributed by atoms with Gasteiger partial charge in [0.1, 0.15) is 0 Å². The fourth-order valence-corrected chi connectivity index (χ4v) is 3.15. The first kappa shape index (κ1) is 15.9. The first-order chi connectivity index (χ1) is 8.80.